The largest absolute Gasteiger partial charge is 0.462 e. The second kappa shape index (κ2) is 68.9. The maximum absolute atomic E-state index is 12.4. The van der Waals surface area contributed by atoms with E-state index in [4.69, 9.17) is 9.47 Å². The number of aliphatic hydroxyl groups is 1. The van der Waals surface area contributed by atoms with Crippen molar-refractivity contribution in [1.82, 2.24) is 0 Å². The van der Waals surface area contributed by atoms with E-state index in [1.165, 1.54) is 289 Å². The zero-order chi connectivity index (χ0) is 56.2. The summed E-state index contributed by atoms with van der Waals surface area (Å²) >= 11 is 0. The van der Waals surface area contributed by atoms with Crippen molar-refractivity contribution in [2.24, 2.45) is 0 Å². The molecule has 0 spiro atoms. The van der Waals surface area contributed by atoms with Gasteiger partial charge in [-0.3, -0.25) is 9.59 Å². The zero-order valence-corrected chi connectivity index (χ0v) is 52.4. The van der Waals surface area contributed by atoms with E-state index in [1.54, 1.807) is 0 Å². The first-order valence-corrected chi connectivity index (χ1v) is 34.8. The standard InChI is InChI=1S/C73H134O5/c1-3-5-7-9-11-13-15-17-19-21-23-25-27-28-29-30-31-32-33-34-35-36-37-38-39-40-41-42-43-44-46-48-50-52-54-56-58-60-62-64-66-68-73(76)78-71(69-74)70-77-72(75)67-65-63-61-59-57-55-53-51-49-47-45-26-24-22-20-18-16-14-12-10-8-6-4-2/h15-18,21-24,27-28,71,74H,3-14,19-20,25-26,29-70H2,1-2H3/b17-15-,18-16-,23-21-,24-22-,28-27-. The van der Waals surface area contributed by atoms with Gasteiger partial charge in [-0.05, 0) is 83.5 Å². The van der Waals surface area contributed by atoms with Gasteiger partial charge in [0.25, 0.3) is 0 Å². The predicted molar refractivity (Wildman–Crippen MR) is 344 cm³/mol. The van der Waals surface area contributed by atoms with Crippen LogP contribution in [0.1, 0.15) is 373 Å². The van der Waals surface area contributed by atoms with Gasteiger partial charge in [0.15, 0.2) is 6.10 Å². The number of rotatable bonds is 65. The molecule has 0 saturated carbocycles. The van der Waals surface area contributed by atoms with Crippen LogP contribution in [0.4, 0.5) is 0 Å². The summed E-state index contributed by atoms with van der Waals surface area (Å²) in [5.74, 6) is -0.574. The molecule has 0 aliphatic carbocycles. The number of ether oxygens (including phenoxy) is 2. The molecule has 1 atom stereocenters. The molecule has 5 nitrogen and oxygen atoms in total. The minimum absolute atomic E-state index is 0.0633. The average molecular weight is 1090 g/mol. The number of carbonyl (C=O) groups excluding carboxylic acids is 2. The molecule has 78 heavy (non-hydrogen) atoms. The first-order valence-electron chi connectivity index (χ1n) is 34.8. The van der Waals surface area contributed by atoms with Gasteiger partial charge >= 0.3 is 11.9 Å². The number of hydrogen-bond donors (Lipinski definition) is 1. The van der Waals surface area contributed by atoms with Crippen molar-refractivity contribution < 1.29 is 24.2 Å². The van der Waals surface area contributed by atoms with E-state index in [9.17, 15) is 14.7 Å². The highest BCUT2D eigenvalue weighted by molar-refractivity contribution is 5.70. The summed E-state index contributed by atoms with van der Waals surface area (Å²) in [6.45, 7) is 4.16. The lowest BCUT2D eigenvalue weighted by Crippen LogP contribution is -2.28. The van der Waals surface area contributed by atoms with Crippen LogP contribution in [0, 0.1) is 0 Å². The van der Waals surface area contributed by atoms with Crippen molar-refractivity contribution in [2.45, 2.75) is 380 Å². The fourth-order valence-electron chi connectivity index (χ4n) is 10.5. The molecule has 1 unspecified atom stereocenters. The maximum Gasteiger partial charge on any atom is 0.306 e. The average Bonchev–Trinajstić information content (AvgIpc) is 3.44. The van der Waals surface area contributed by atoms with E-state index in [0.717, 1.165) is 57.8 Å². The molecule has 5 heteroatoms. The molecule has 0 radical (unpaired) electrons. The predicted octanol–water partition coefficient (Wildman–Crippen LogP) is 24.1. The smallest absolute Gasteiger partial charge is 0.306 e. The van der Waals surface area contributed by atoms with Gasteiger partial charge < -0.3 is 14.6 Å². The number of allylic oxidation sites excluding steroid dienone is 10. The minimum Gasteiger partial charge on any atom is -0.462 e. The highest BCUT2D eigenvalue weighted by atomic mass is 16.6. The van der Waals surface area contributed by atoms with E-state index in [-0.39, 0.29) is 25.2 Å². The van der Waals surface area contributed by atoms with E-state index in [2.05, 4.69) is 74.6 Å². The van der Waals surface area contributed by atoms with Crippen LogP contribution in [0.2, 0.25) is 0 Å². The Morgan fingerprint density at radius 2 is 0.513 bits per heavy atom. The van der Waals surface area contributed by atoms with Crippen LogP contribution in [0.25, 0.3) is 0 Å². The quantitative estimate of drug-likeness (QED) is 0.0373. The molecule has 0 rings (SSSR count). The molecular formula is C73H134O5. The van der Waals surface area contributed by atoms with Gasteiger partial charge in [0.2, 0.25) is 0 Å². The van der Waals surface area contributed by atoms with Gasteiger partial charge in [0, 0.05) is 12.8 Å². The Morgan fingerprint density at radius 1 is 0.295 bits per heavy atom. The Hall–Kier alpha value is -2.40. The minimum atomic E-state index is -0.773. The lowest BCUT2D eigenvalue weighted by atomic mass is 10.0. The van der Waals surface area contributed by atoms with Crippen LogP contribution < -0.4 is 0 Å². The number of esters is 2. The van der Waals surface area contributed by atoms with Gasteiger partial charge in [-0.1, -0.05) is 338 Å². The van der Waals surface area contributed by atoms with E-state index >= 15 is 0 Å². The second-order valence-corrected chi connectivity index (χ2v) is 23.6. The maximum atomic E-state index is 12.4. The molecule has 0 aromatic heterocycles. The van der Waals surface area contributed by atoms with Crippen LogP contribution in [0.5, 0.6) is 0 Å². The molecule has 0 saturated heterocycles. The third-order valence-electron chi connectivity index (χ3n) is 15.8. The monoisotopic (exact) mass is 1090 g/mol. The molecule has 0 fully saturated rings. The topological polar surface area (TPSA) is 72.8 Å². The van der Waals surface area contributed by atoms with Crippen LogP contribution >= 0.6 is 0 Å². The van der Waals surface area contributed by atoms with Crippen molar-refractivity contribution in [3.05, 3.63) is 60.8 Å². The van der Waals surface area contributed by atoms with Gasteiger partial charge in [0.1, 0.15) is 6.61 Å². The first kappa shape index (κ1) is 75.6. The molecule has 0 bridgehead atoms. The molecular weight excluding hydrogens is 957 g/mol. The van der Waals surface area contributed by atoms with Crippen molar-refractivity contribution in [3.8, 4) is 0 Å². The fourth-order valence-corrected chi connectivity index (χ4v) is 10.5. The van der Waals surface area contributed by atoms with Gasteiger partial charge in [0.05, 0.1) is 6.61 Å². The summed E-state index contributed by atoms with van der Waals surface area (Å²) in [6, 6.07) is 0. The number of aliphatic hydroxyl groups excluding tert-OH is 1. The van der Waals surface area contributed by atoms with Crippen molar-refractivity contribution in [1.29, 1.82) is 0 Å². The third-order valence-corrected chi connectivity index (χ3v) is 15.8. The van der Waals surface area contributed by atoms with Crippen LogP contribution in [-0.4, -0.2) is 36.4 Å². The van der Waals surface area contributed by atoms with Crippen LogP contribution in [0.3, 0.4) is 0 Å². The summed E-state index contributed by atoms with van der Waals surface area (Å²) in [5.41, 5.74) is 0. The number of carbonyl (C=O) groups is 2. The lowest BCUT2D eigenvalue weighted by molar-refractivity contribution is -0.161. The van der Waals surface area contributed by atoms with Crippen molar-refractivity contribution in [3.63, 3.8) is 0 Å². The van der Waals surface area contributed by atoms with E-state index in [1.807, 2.05) is 0 Å². The van der Waals surface area contributed by atoms with E-state index in [0.29, 0.717) is 12.8 Å². The molecule has 0 heterocycles. The Morgan fingerprint density at radius 3 is 0.769 bits per heavy atom. The van der Waals surface area contributed by atoms with E-state index < -0.39 is 6.10 Å². The third kappa shape index (κ3) is 66.1. The van der Waals surface area contributed by atoms with Gasteiger partial charge in [-0.25, -0.2) is 0 Å². The molecule has 0 aromatic carbocycles. The SMILES string of the molecule is CCCCCCC/C=C\C/C=C\C/C=C\CCCCCCCCCCCCCCCCCCCCCCCCCCCCC(=O)OC(CO)COC(=O)CCCCCCCCCCCCC/C=C\C/C=C\CCCCCCC. The zero-order valence-electron chi connectivity index (χ0n) is 52.4. The van der Waals surface area contributed by atoms with Crippen LogP contribution in [-0.2, 0) is 19.1 Å². The fraction of sp³-hybridized carbons (Fsp3) is 0.836. The molecule has 1 N–H and O–H groups in total. The number of hydrogen-bond acceptors (Lipinski definition) is 5. The van der Waals surface area contributed by atoms with Crippen molar-refractivity contribution >= 4 is 11.9 Å². The first-order chi connectivity index (χ1) is 38.6. The summed E-state index contributed by atoms with van der Waals surface area (Å²) in [5, 5.41) is 9.69. The summed E-state index contributed by atoms with van der Waals surface area (Å²) in [4.78, 5) is 24.6. The molecule has 0 aliphatic heterocycles. The number of unbranched alkanes of at least 4 members (excludes halogenated alkanes) is 47. The molecule has 456 valence electrons. The molecule has 0 aliphatic rings. The Bertz CT molecular complexity index is 1330. The highest BCUT2D eigenvalue weighted by Gasteiger charge is 2.16. The van der Waals surface area contributed by atoms with Crippen molar-refractivity contribution in [2.75, 3.05) is 13.2 Å². The Kier molecular flexibility index (Phi) is 66.8. The van der Waals surface area contributed by atoms with Gasteiger partial charge in [-0.15, -0.1) is 0 Å². The summed E-state index contributed by atoms with van der Waals surface area (Å²) < 4.78 is 10.8. The normalized spacial score (nSPS) is 12.5. The highest BCUT2D eigenvalue weighted by Crippen LogP contribution is 2.18. The summed E-state index contributed by atoms with van der Waals surface area (Å²) in [7, 11) is 0. The Labute approximate surface area is 487 Å². The second-order valence-electron chi connectivity index (χ2n) is 23.6. The summed E-state index contributed by atoms with van der Waals surface area (Å²) in [6.07, 6.45) is 94.0. The molecule has 0 aromatic rings. The molecule has 0 amide bonds. The van der Waals surface area contributed by atoms with Gasteiger partial charge in [-0.2, -0.15) is 0 Å². The Balaban J connectivity index is 3.39. The van der Waals surface area contributed by atoms with Crippen LogP contribution in [0.15, 0.2) is 60.8 Å². The lowest BCUT2D eigenvalue weighted by Gasteiger charge is -2.15.